The molecule has 1 aliphatic heterocycles. The predicted molar refractivity (Wildman–Crippen MR) is 112 cm³/mol. The second-order valence-electron chi connectivity index (χ2n) is 8.39. The van der Waals surface area contributed by atoms with E-state index in [1.165, 1.54) is 52.3 Å². The van der Waals surface area contributed by atoms with Gasteiger partial charge in [0.15, 0.2) is 35.1 Å². The second kappa shape index (κ2) is 8.50. The average molecular weight is 448 g/mol. The molecular formula is C21H26N3O8+. The number of ether oxygens (including phenoxy) is 2. The summed E-state index contributed by atoms with van der Waals surface area (Å²) in [5.74, 6) is 0.0593. The largest absolute Gasteiger partial charge is 0.504 e. The van der Waals surface area contributed by atoms with Crippen molar-refractivity contribution >= 4 is 0 Å². The van der Waals surface area contributed by atoms with Crippen molar-refractivity contribution in [2.24, 2.45) is 5.41 Å². The van der Waals surface area contributed by atoms with E-state index in [1.54, 1.807) is 17.4 Å². The lowest BCUT2D eigenvalue weighted by molar-refractivity contribution is -0.818. The van der Waals surface area contributed by atoms with Crippen LogP contribution >= 0.6 is 0 Å². The number of benzene rings is 2. The van der Waals surface area contributed by atoms with Gasteiger partial charge in [-0.3, -0.25) is 20.2 Å². The molecule has 11 heteroatoms. The minimum atomic E-state index is -1.35. The van der Waals surface area contributed by atoms with Gasteiger partial charge in [-0.1, -0.05) is 0 Å². The zero-order valence-corrected chi connectivity index (χ0v) is 18.1. The van der Waals surface area contributed by atoms with E-state index in [1.807, 2.05) is 0 Å². The molecule has 1 fully saturated rings. The van der Waals surface area contributed by atoms with E-state index in [2.05, 4.69) is 0 Å². The van der Waals surface area contributed by atoms with Crippen LogP contribution in [-0.2, 0) is 0 Å². The predicted octanol–water partition coefficient (Wildman–Crippen LogP) is 1.79. The van der Waals surface area contributed by atoms with Gasteiger partial charge >= 0.3 is 0 Å². The van der Waals surface area contributed by atoms with E-state index in [9.17, 15) is 30.4 Å². The lowest BCUT2D eigenvalue weighted by Crippen LogP contribution is -2.96. The average Bonchev–Trinajstić information content (AvgIpc) is 2.72. The Morgan fingerprint density at radius 3 is 1.53 bits per heavy atom. The molecular weight excluding hydrogens is 422 g/mol. The molecule has 0 spiro atoms. The van der Waals surface area contributed by atoms with Gasteiger partial charge in [0.25, 0.3) is 12.1 Å². The Morgan fingerprint density at radius 1 is 0.844 bits per heavy atom. The summed E-state index contributed by atoms with van der Waals surface area (Å²) in [6.07, 6.45) is 0. The summed E-state index contributed by atoms with van der Waals surface area (Å²) in [4.78, 5) is 23.4. The molecule has 0 radical (unpaired) electrons. The summed E-state index contributed by atoms with van der Waals surface area (Å²) < 4.78 is 10.3. The van der Waals surface area contributed by atoms with Crippen molar-refractivity contribution in [3.05, 3.63) is 67.8 Å². The molecule has 1 heterocycles. The highest BCUT2D eigenvalue weighted by molar-refractivity contribution is 5.44. The van der Waals surface area contributed by atoms with Gasteiger partial charge in [0, 0.05) is 21.0 Å². The van der Waals surface area contributed by atoms with Crippen LogP contribution in [0.15, 0.2) is 36.4 Å². The maximum atomic E-state index is 12.2. The van der Waals surface area contributed by atoms with Gasteiger partial charge in [0.1, 0.15) is 5.41 Å². The second-order valence-corrected chi connectivity index (χ2v) is 8.39. The lowest BCUT2D eigenvalue weighted by Gasteiger charge is -2.41. The first-order valence-corrected chi connectivity index (χ1v) is 9.88. The highest BCUT2D eigenvalue weighted by Gasteiger charge is 2.66. The fourth-order valence-corrected chi connectivity index (χ4v) is 4.73. The summed E-state index contributed by atoms with van der Waals surface area (Å²) in [6, 6.07) is 4.64. The third-order valence-electron chi connectivity index (χ3n) is 6.25. The smallest absolute Gasteiger partial charge is 0.279 e. The Balaban J connectivity index is 2.20. The van der Waals surface area contributed by atoms with Gasteiger partial charge in [0.2, 0.25) is 0 Å². The molecule has 1 aliphatic rings. The van der Waals surface area contributed by atoms with Crippen molar-refractivity contribution in [3.63, 3.8) is 0 Å². The Kier molecular flexibility index (Phi) is 6.13. The van der Waals surface area contributed by atoms with Crippen LogP contribution in [-0.4, -0.2) is 46.4 Å². The topological polar surface area (TPSA) is 162 Å². The zero-order valence-electron chi connectivity index (χ0n) is 18.1. The van der Waals surface area contributed by atoms with Crippen LogP contribution in [0.2, 0.25) is 0 Å². The van der Waals surface area contributed by atoms with Crippen LogP contribution < -0.4 is 14.8 Å². The van der Waals surface area contributed by atoms with Gasteiger partial charge in [-0.25, -0.2) is 0 Å². The fraction of sp³-hybridized carbons (Fsp3) is 0.429. The molecule has 4 atom stereocenters. The summed E-state index contributed by atoms with van der Waals surface area (Å²) >= 11 is 0. The molecule has 172 valence electrons. The SMILES string of the molecule is COc1cc([C@H]2[NH2+][C@@H](c3ccc(O)c(OC)c3)[C@@H]([N+](=O)[O-])C(C)(C)[C@H]2[N+](=O)[O-])ccc1O. The van der Waals surface area contributed by atoms with E-state index in [0.717, 1.165) is 0 Å². The van der Waals surface area contributed by atoms with Crippen molar-refractivity contribution in [1.82, 2.24) is 0 Å². The molecule has 0 aliphatic carbocycles. The zero-order chi connectivity index (χ0) is 23.8. The van der Waals surface area contributed by atoms with Crippen LogP contribution in [0.3, 0.4) is 0 Å². The minimum absolute atomic E-state index is 0.119. The number of hydrogen-bond donors (Lipinski definition) is 3. The number of rotatable bonds is 6. The first-order valence-electron chi connectivity index (χ1n) is 9.88. The Labute approximate surface area is 183 Å². The van der Waals surface area contributed by atoms with E-state index in [0.29, 0.717) is 11.1 Å². The number of piperidine rings is 1. The Bertz CT molecular complexity index is 962. The highest BCUT2D eigenvalue weighted by Crippen LogP contribution is 2.44. The van der Waals surface area contributed by atoms with Gasteiger partial charge in [-0.2, -0.15) is 0 Å². The van der Waals surface area contributed by atoms with Crippen LogP contribution in [0.5, 0.6) is 23.0 Å². The number of nitrogens with two attached hydrogens (primary N) is 1. The molecule has 2 aromatic rings. The quantitative estimate of drug-likeness (QED) is 0.445. The van der Waals surface area contributed by atoms with Crippen molar-refractivity contribution in [2.75, 3.05) is 14.2 Å². The fourth-order valence-electron chi connectivity index (χ4n) is 4.73. The number of phenolic OH excluding ortho intramolecular Hbond substituents is 2. The first kappa shape index (κ1) is 23.1. The standard InChI is InChI=1S/C21H25N3O8/c1-21(2)19(23(27)28)17(11-5-7-13(25)15(9-11)31-3)22-18(20(21)24(29)30)12-6-8-14(26)16(10-12)32-4/h5-10,17-20,22,25-26H,1-4H3/p+1/t17-,18+,19+,20-. The van der Waals surface area contributed by atoms with Crippen molar-refractivity contribution in [2.45, 2.75) is 38.0 Å². The number of nitro groups is 2. The maximum Gasteiger partial charge on any atom is 0.279 e. The van der Waals surface area contributed by atoms with Gasteiger partial charge in [-0.05, 0) is 50.2 Å². The molecule has 0 unspecified atom stereocenters. The van der Waals surface area contributed by atoms with Crippen molar-refractivity contribution in [3.8, 4) is 23.0 Å². The molecule has 2 aromatic carbocycles. The molecule has 0 aromatic heterocycles. The Morgan fingerprint density at radius 2 is 1.22 bits per heavy atom. The van der Waals surface area contributed by atoms with Gasteiger partial charge < -0.3 is 25.0 Å². The molecule has 0 saturated carbocycles. The molecule has 11 nitrogen and oxygen atoms in total. The Hall–Kier alpha value is -3.60. The third kappa shape index (κ3) is 3.86. The van der Waals surface area contributed by atoms with Crippen LogP contribution in [0.25, 0.3) is 0 Å². The lowest BCUT2D eigenvalue weighted by atomic mass is 9.66. The summed E-state index contributed by atoms with van der Waals surface area (Å²) in [7, 11) is 2.74. The van der Waals surface area contributed by atoms with Crippen molar-refractivity contribution in [1.29, 1.82) is 0 Å². The third-order valence-corrected chi connectivity index (χ3v) is 6.25. The maximum absolute atomic E-state index is 12.2. The van der Waals surface area contributed by atoms with Gasteiger partial charge in [-0.15, -0.1) is 0 Å². The van der Waals surface area contributed by atoms with Crippen LogP contribution in [0, 0.1) is 25.6 Å². The number of nitrogens with zero attached hydrogens (tertiary/aromatic N) is 2. The summed E-state index contributed by atoms with van der Waals surface area (Å²) in [6.45, 7) is 3.05. The normalized spacial score (nSPS) is 24.5. The monoisotopic (exact) mass is 448 g/mol. The summed E-state index contributed by atoms with van der Waals surface area (Å²) in [5.41, 5.74) is -0.369. The molecule has 0 bridgehead atoms. The molecule has 1 saturated heterocycles. The van der Waals surface area contributed by atoms with Crippen molar-refractivity contribution < 1.29 is 34.9 Å². The highest BCUT2D eigenvalue weighted by atomic mass is 16.6. The first-order chi connectivity index (χ1) is 15.0. The summed E-state index contributed by atoms with van der Waals surface area (Å²) in [5, 5.41) is 45.8. The van der Waals surface area contributed by atoms with Crippen LogP contribution in [0.1, 0.15) is 37.1 Å². The molecule has 32 heavy (non-hydrogen) atoms. The van der Waals surface area contributed by atoms with E-state index < -0.39 is 39.4 Å². The van der Waals surface area contributed by atoms with Crippen LogP contribution in [0.4, 0.5) is 0 Å². The van der Waals surface area contributed by atoms with Gasteiger partial charge in [0.05, 0.1) is 14.2 Å². The number of methoxy groups -OCH3 is 2. The molecule has 0 amide bonds. The number of aromatic hydroxyl groups is 2. The molecule has 3 rings (SSSR count). The number of hydrogen-bond acceptors (Lipinski definition) is 8. The van der Waals surface area contributed by atoms with E-state index >= 15 is 0 Å². The minimum Gasteiger partial charge on any atom is -0.504 e. The molecule has 4 N–H and O–H groups in total. The van der Waals surface area contributed by atoms with E-state index in [-0.39, 0.29) is 23.0 Å². The number of phenols is 2. The van der Waals surface area contributed by atoms with E-state index in [4.69, 9.17) is 9.47 Å². The number of quaternary nitrogens is 1.